The SMILES string of the molecule is O=C(c1cc(-c2ccccc2)on1)N1CC[C@H]2[C@H](C1)OCc1cnnn12. The van der Waals surface area contributed by atoms with E-state index >= 15 is 0 Å². The Balaban J connectivity index is 1.33. The van der Waals surface area contributed by atoms with Crippen molar-refractivity contribution in [2.45, 2.75) is 25.2 Å². The summed E-state index contributed by atoms with van der Waals surface area (Å²) < 4.78 is 13.2. The van der Waals surface area contributed by atoms with Crippen LogP contribution in [0.3, 0.4) is 0 Å². The van der Waals surface area contributed by atoms with E-state index in [-0.39, 0.29) is 18.1 Å². The molecule has 1 fully saturated rings. The Bertz CT molecular complexity index is 935. The second kappa shape index (κ2) is 6.06. The highest BCUT2D eigenvalue weighted by Gasteiger charge is 2.38. The molecule has 132 valence electrons. The molecule has 1 aromatic carbocycles. The van der Waals surface area contributed by atoms with Gasteiger partial charge in [0.2, 0.25) is 0 Å². The van der Waals surface area contributed by atoms with E-state index in [1.54, 1.807) is 17.2 Å². The molecule has 0 bridgehead atoms. The Morgan fingerprint density at radius 3 is 3.00 bits per heavy atom. The van der Waals surface area contributed by atoms with Gasteiger partial charge < -0.3 is 14.2 Å². The highest BCUT2D eigenvalue weighted by molar-refractivity contribution is 5.93. The summed E-state index contributed by atoms with van der Waals surface area (Å²) in [6.45, 7) is 1.60. The first-order valence-electron chi connectivity index (χ1n) is 8.61. The van der Waals surface area contributed by atoms with E-state index in [1.165, 1.54) is 0 Å². The quantitative estimate of drug-likeness (QED) is 0.701. The van der Waals surface area contributed by atoms with Gasteiger partial charge in [-0.25, -0.2) is 4.68 Å². The zero-order chi connectivity index (χ0) is 17.5. The Morgan fingerprint density at radius 2 is 2.12 bits per heavy atom. The second-order valence-corrected chi connectivity index (χ2v) is 6.57. The smallest absolute Gasteiger partial charge is 0.276 e. The molecular weight excluding hydrogens is 334 g/mol. The van der Waals surface area contributed by atoms with Crippen LogP contribution in [0.5, 0.6) is 0 Å². The summed E-state index contributed by atoms with van der Waals surface area (Å²) in [5.74, 6) is 0.451. The Morgan fingerprint density at radius 1 is 1.23 bits per heavy atom. The minimum absolute atomic E-state index is 0.0811. The summed E-state index contributed by atoms with van der Waals surface area (Å²) in [4.78, 5) is 14.6. The van der Waals surface area contributed by atoms with Gasteiger partial charge >= 0.3 is 0 Å². The highest BCUT2D eigenvalue weighted by atomic mass is 16.5. The molecule has 3 aromatic rings. The minimum Gasteiger partial charge on any atom is -0.368 e. The van der Waals surface area contributed by atoms with Crippen molar-refractivity contribution >= 4 is 5.91 Å². The summed E-state index contributed by atoms with van der Waals surface area (Å²) >= 11 is 0. The van der Waals surface area contributed by atoms with E-state index in [0.29, 0.717) is 31.2 Å². The standard InChI is InChI=1S/C18H17N5O3/c24-18(14-8-16(26-20-14)12-4-2-1-3-5-12)22-7-6-15-17(10-22)25-11-13-9-19-21-23(13)15/h1-5,8-9,15,17H,6-7,10-11H2/t15-,17-/m0/s1. The molecule has 4 heterocycles. The van der Waals surface area contributed by atoms with Crippen LogP contribution in [-0.2, 0) is 11.3 Å². The fourth-order valence-electron chi connectivity index (χ4n) is 3.65. The lowest BCUT2D eigenvalue weighted by Gasteiger charge is -2.40. The van der Waals surface area contributed by atoms with E-state index in [2.05, 4.69) is 15.5 Å². The van der Waals surface area contributed by atoms with Crippen LogP contribution in [-0.4, -0.2) is 50.2 Å². The van der Waals surface area contributed by atoms with Crippen LogP contribution in [0.2, 0.25) is 0 Å². The molecule has 0 spiro atoms. The number of hydrogen-bond donors (Lipinski definition) is 0. The van der Waals surface area contributed by atoms with Crippen molar-refractivity contribution in [3.8, 4) is 11.3 Å². The van der Waals surface area contributed by atoms with Crippen molar-refractivity contribution in [1.82, 2.24) is 25.1 Å². The first kappa shape index (κ1) is 15.3. The molecule has 8 heteroatoms. The molecule has 0 unspecified atom stereocenters. The van der Waals surface area contributed by atoms with Crippen LogP contribution < -0.4 is 0 Å². The van der Waals surface area contributed by atoms with Gasteiger partial charge in [0.25, 0.3) is 5.91 Å². The van der Waals surface area contributed by atoms with Gasteiger partial charge in [0.15, 0.2) is 11.5 Å². The molecule has 2 atom stereocenters. The van der Waals surface area contributed by atoms with Crippen LogP contribution in [0.1, 0.15) is 28.6 Å². The minimum atomic E-state index is -0.137. The lowest BCUT2D eigenvalue weighted by atomic mass is 10.00. The number of nitrogens with zero attached hydrogens (tertiary/aromatic N) is 5. The van der Waals surface area contributed by atoms with Crippen molar-refractivity contribution in [2.75, 3.05) is 13.1 Å². The summed E-state index contributed by atoms with van der Waals surface area (Å²) in [7, 11) is 0. The average Bonchev–Trinajstić information content (AvgIpc) is 3.37. The number of likely N-dealkylation sites (tertiary alicyclic amines) is 1. The third-order valence-corrected chi connectivity index (χ3v) is 5.01. The first-order valence-corrected chi connectivity index (χ1v) is 8.61. The molecule has 0 aliphatic carbocycles. The number of carbonyl (C=O) groups is 1. The molecule has 0 N–H and O–H groups in total. The summed E-state index contributed by atoms with van der Waals surface area (Å²) in [6, 6.07) is 11.4. The van der Waals surface area contributed by atoms with Crippen molar-refractivity contribution < 1.29 is 14.1 Å². The molecule has 5 rings (SSSR count). The Labute approximate surface area is 149 Å². The van der Waals surface area contributed by atoms with Crippen LogP contribution in [0.25, 0.3) is 11.3 Å². The number of rotatable bonds is 2. The molecule has 2 aliphatic heterocycles. The summed E-state index contributed by atoms with van der Waals surface area (Å²) in [5, 5.41) is 12.1. The largest absolute Gasteiger partial charge is 0.368 e. The van der Waals surface area contributed by atoms with Crippen molar-refractivity contribution in [3.63, 3.8) is 0 Å². The van der Waals surface area contributed by atoms with Gasteiger partial charge in [0, 0.05) is 24.7 Å². The maximum Gasteiger partial charge on any atom is 0.276 e. The van der Waals surface area contributed by atoms with Gasteiger partial charge in [0.05, 0.1) is 30.6 Å². The number of carbonyl (C=O) groups excluding carboxylic acids is 1. The van der Waals surface area contributed by atoms with E-state index < -0.39 is 0 Å². The molecular formula is C18H17N5O3. The number of aromatic nitrogens is 4. The summed E-state index contributed by atoms with van der Waals surface area (Å²) in [5.41, 5.74) is 2.20. The number of piperidine rings is 1. The molecule has 0 saturated carbocycles. The maximum absolute atomic E-state index is 12.8. The number of benzene rings is 1. The van der Waals surface area contributed by atoms with Gasteiger partial charge in [-0.3, -0.25) is 4.79 Å². The van der Waals surface area contributed by atoms with E-state index in [0.717, 1.165) is 17.7 Å². The van der Waals surface area contributed by atoms with E-state index in [9.17, 15) is 4.79 Å². The fourth-order valence-corrected chi connectivity index (χ4v) is 3.65. The first-order chi connectivity index (χ1) is 12.8. The zero-order valence-electron chi connectivity index (χ0n) is 14.0. The van der Waals surface area contributed by atoms with Gasteiger partial charge in [-0.15, -0.1) is 5.10 Å². The number of amides is 1. The van der Waals surface area contributed by atoms with Crippen molar-refractivity contribution in [2.24, 2.45) is 0 Å². The second-order valence-electron chi connectivity index (χ2n) is 6.57. The molecule has 8 nitrogen and oxygen atoms in total. The summed E-state index contributed by atoms with van der Waals surface area (Å²) in [6.07, 6.45) is 2.42. The average molecular weight is 351 g/mol. The third kappa shape index (κ3) is 2.50. The molecule has 2 aromatic heterocycles. The lowest BCUT2D eigenvalue weighted by molar-refractivity contribution is -0.0628. The van der Waals surface area contributed by atoms with Crippen LogP contribution in [0, 0.1) is 0 Å². The number of ether oxygens (including phenoxy) is 1. The molecule has 26 heavy (non-hydrogen) atoms. The predicted octanol–water partition coefficient (Wildman–Crippen LogP) is 1.92. The van der Waals surface area contributed by atoms with Gasteiger partial charge in [0.1, 0.15) is 0 Å². The van der Waals surface area contributed by atoms with E-state index in [4.69, 9.17) is 9.26 Å². The Kier molecular flexibility index (Phi) is 3.56. The molecule has 0 radical (unpaired) electrons. The topological polar surface area (TPSA) is 86.3 Å². The van der Waals surface area contributed by atoms with Gasteiger partial charge in [-0.05, 0) is 6.42 Å². The van der Waals surface area contributed by atoms with Crippen LogP contribution in [0.4, 0.5) is 0 Å². The normalized spacial score (nSPS) is 21.9. The van der Waals surface area contributed by atoms with Crippen molar-refractivity contribution in [3.05, 3.63) is 54.0 Å². The number of hydrogen-bond acceptors (Lipinski definition) is 6. The van der Waals surface area contributed by atoms with E-state index in [1.807, 2.05) is 35.0 Å². The third-order valence-electron chi connectivity index (χ3n) is 5.01. The molecule has 1 saturated heterocycles. The Hall–Kier alpha value is -3.00. The zero-order valence-corrected chi connectivity index (χ0v) is 14.0. The monoisotopic (exact) mass is 351 g/mol. The van der Waals surface area contributed by atoms with Gasteiger partial charge in [-0.2, -0.15) is 0 Å². The molecule has 1 amide bonds. The molecule has 2 aliphatic rings. The fraction of sp³-hybridized carbons (Fsp3) is 0.333. The van der Waals surface area contributed by atoms with Crippen LogP contribution >= 0.6 is 0 Å². The highest BCUT2D eigenvalue weighted by Crippen LogP contribution is 2.31. The van der Waals surface area contributed by atoms with Crippen LogP contribution in [0.15, 0.2) is 47.1 Å². The number of fused-ring (bicyclic) bond motifs is 3. The lowest BCUT2D eigenvalue weighted by Crippen LogP contribution is -2.50. The maximum atomic E-state index is 12.8. The van der Waals surface area contributed by atoms with Gasteiger partial charge in [-0.1, -0.05) is 40.7 Å². The predicted molar refractivity (Wildman–Crippen MR) is 90.1 cm³/mol. The van der Waals surface area contributed by atoms with Crippen molar-refractivity contribution in [1.29, 1.82) is 0 Å².